The van der Waals surface area contributed by atoms with Crippen molar-refractivity contribution >= 4 is 35.0 Å². The average Bonchev–Trinajstić information content (AvgIpc) is 2.67. The van der Waals surface area contributed by atoms with Crippen molar-refractivity contribution in [2.45, 2.75) is 17.9 Å². The van der Waals surface area contributed by atoms with Gasteiger partial charge in [-0.3, -0.25) is 19.7 Å². The number of nitro groups is 1. The van der Waals surface area contributed by atoms with Crippen LogP contribution in [0.5, 0.6) is 5.75 Å². The summed E-state index contributed by atoms with van der Waals surface area (Å²) >= 11 is 0.948. The molecule has 0 aromatic heterocycles. The number of amides is 1. The number of nitrogens with one attached hydrogen (secondary N) is 1. The molecule has 0 aliphatic rings. The predicted molar refractivity (Wildman–Crippen MR) is 101 cm³/mol. The van der Waals surface area contributed by atoms with E-state index < -0.39 is 28.7 Å². The molecule has 0 unspecified atom stereocenters. The van der Waals surface area contributed by atoms with Gasteiger partial charge in [0.25, 0.3) is 11.6 Å². The lowest BCUT2D eigenvalue weighted by Crippen LogP contribution is -2.30. The van der Waals surface area contributed by atoms with Crippen molar-refractivity contribution in [1.82, 2.24) is 0 Å². The Kier molecular flexibility index (Phi) is 7.33. The maximum Gasteiger partial charge on any atom is 0.317 e. The van der Waals surface area contributed by atoms with E-state index >= 15 is 0 Å². The summed E-state index contributed by atoms with van der Waals surface area (Å²) in [5.74, 6) is -1.82. The van der Waals surface area contributed by atoms with Crippen LogP contribution >= 0.6 is 11.8 Å². The van der Waals surface area contributed by atoms with E-state index in [4.69, 9.17) is 9.47 Å². The molecule has 28 heavy (non-hydrogen) atoms. The van der Waals surface area contributed by atoms with Gasteiger partial charge in [-0.2, -0.15) is 0 Å². The van der Waals surface area contributed by atoms with E-state index in [1.807, 2.05) is 0 Å². The van der Waals surface area contributed by atoms with E-state index in [9.17, 15) is 24.1 Å². The summed E-state index contributed by atoms with van der Waals surface area (Å²) in [6, 6.07) is 9.69. The quantitative estimate of drug-likeness (QED) is 0.309. The Hall–Kier alpha value is -3.14. The first-order chi connectivity index (χ1) is 13.3. The van der Waals surface area contributed by atoms with Crippen LogP contribution in [0.4, 0.5) is 15.8 Å². The molecule has 0 fully saturated rings. The van der Waals surface area contributed by atoms with Crippen LogP contribution in [0, 0.1) is 15.9 Å². The topological polar surface area (TPSA) is 108 Å². The zero-order chi connectivity index (χ0) is 20.7. The first kappa shape index (κ1) is 21.2. The van der Waals surface area contributed by atoms with Gasteiger partial charge in [0, 0.05) is 17.0 Å². The number of hydrogen-bond acceptors (Lipinski definition) is 7. The van der Waals surface area contributed by atoms with E-state index in [-0.39, 0.29) is 27.8 Å². The van der Waals surface area contributed by atoms with Gasteiger partial charge in [-0.1, -0.05) is 12.1 Å². The van der Waals surface area contributed by atoms with Crippen LogP contribution in [-0.2, 0) is 14.3 Å². The molecule has 1 atom stereocenters. The van der Waals surface area contributed by atoms with Gasteiger partial charge >= 0.3 is 5.97 Å². The summed E-state index contributed by atoms with van der Waals surface area (Å²) in [6.07, 6.45) is -1.17. The molecule has 2 aromatic carbocycles. The molecular formula is C18H17FN2O6S. The number of ether oxygens (including phenoxy) is 2. The summed E-state index contributed by atoms with van der Waals surface area (Å²) in [5.41, 5.74) is -0.160. The Morgan fingerprint density at radius 3 is 2.64 bits per heavy atom. The van der Waals surface area contributed by atoms with Crippen LogP contribution in [0.1, 0.15) is 6.92 Å². The number of rotatable bonds is 8. The van der Waals surface area contributed by atoms with Gasteiger partial charge < -0.3 is 14.8 Å². The fourth-order valence-electron chi connectivity index (χ4n) is 2.12. The van der Waals surface area contributed by atoms with E-state index in [0.29, 0.717) is 0 Å². The number of carbonyl (C=O) groups is 2. The molecule has 2 rings (SSSR count). The molecule has 8 nitrogen and oxygen atoms in total. The highest BCUT2D eigenvalue weighted by Crippen LogP contribution is 2.29. The lowest BCUT2D eigenvalue weighted by Gasteiger charge is -2.15. The zero-order valence-electron chi connectivity index (χ0n) is 15.0. The van der Waals surface area contributed by atoms with Crippen molar-refractivity contribution in [3.8, 4) is 5.75 Å². The zero-order valence-corrected chi connectivity index (χ0v) is 15.8. The van der Waals surface area contributed by atoms with Crippen molar-refractivity contribution in [2.75, 3.05) is 18.2 Å². The number of hydrogen-bond donors (Lipinski definition) is 1. The number of anilines is 1. The number of methoxy groups -OCH3 is 1. The molecule has 0 heterocycles. The maximum atomic E-state index is 13.5. The summed E-state index contributed by atoms with van der Waals surface area (Å²) in [4.78, 5) is 34.7. The Balaban J connectivity index is 1.95. The molecule has 10 heteroatoms. The Bertz CT molecular complexity index is 892. The lowest BCUT2D eigenvalue weighted by atomic mass is 10.2. The Morgan fingerprint density at radius 2 is 2.00 bits per heavy atom. The number of esters is 1. The summed E-state index contributed by atoms with van der Waals surface area (Å²) in [7, 11) is 1.35. The molecule has 0 saturated heterocycles. The first-order valence-corrected chi connectivity index (χ1v) is 9.00. The predicted octanol–water partition coefficient (Wildman–Crippen LogP) is 3.41. The summed E-state index contributed by atoms with van der Waals surface area (Å²) in [5, 5.41) is 13.3. The minimum Gasteiger partial charge on any atom is -0.495 e. The highest BCUT2D eigenvalue weighted by molar-refractivity contribution is 8.00. The van der Waals surface area contributed by atoms with Crippen LogP contribution in [0.25, 0.3) is 0 Å². The molecule has 0 aliphatic carbocycles. The SMILES string of the molecule is COc1ccc([N+](=O)[O-])cc1NC(=O)[C@@H](C)OC(=O)CSc1ccccc1F. The van der Waals surface area contributed by atoms with Gasteiger partial charge in [0.05, 0.1) is 23.5 Å². The van der Waals surface area contributed by atoms with Gasteiger partial charge in [0.15, 0.2) is 6.10 Å². The van der Waals surface area contributed by atoms with Crippen LogP contribution in [0.15, 0.2) is 47.4 Å². The van der Waals surface area contributed by atoms with E-state index in [1.165, 1.54) is 44.4 Å². The number of non-ortho nitro benzene ring substituents is 1. The summed E-state index contributed by atoms with van der Waals surface area (Å²) < 4.78 is 23.6. The molecule has 1 amide bonds. The van der Waals surface area contributed by atoms with E-state index in [2.05, 4.69) is 5.32 Å². The highest BCUT2D eigenvalue weighted by Gasteiger charge is 2.21. The number of carbonyl (C=O) groups excluding carboxylic acids is 2. The second-order valence-corrected chi connectivity index (χ2v) is 6.50. The van der Waals surface area contributed by atoms with E-state index in [0.717, 1.165) is 17.8 Å². The third-order valence-corrected chi connectivity index (χ3v) is 4.53. The fourth-order valence-corrected chi connectivity index (χ4v) is 2.85. The molecule has 0 aliphatic heterocycles. The molecule has 0 radical (unpaired) electrons. The third kappa shape index (κ3) is 5.68. The average molecular weight is 408 g/mol. The van der Waals surface area contributed by atoms with Crippen molar-refractivity contribution in [1.29, 1.82) is 0 Å². The van der Waals surface area contributed by atoms with Crippen LogP contribution in [0.2, 0.25) is 0 Å². The Morgan fingerprint density at radius 1 is 1.29 bits per heavy atom. The number of thioether (sulfide) groups is 1. The van der Waals surface area contributed by atoms with Gasteiger partial charge in [-0.15, -0.1) is 11.8 Å². The second kappa shape index (κ2) is 9.70. The minimum atomic E-state index is -1.17. The van der Waals surface area contributed by atoms with Gasteiger partial charge in [0.1, 0.15) is 11.6 Å². The molecule has 0 saturated carbocycles. The molecule has 2 aromatic rings. The molecular weight excluding hydrogens is 391 g/mol. The number of nitro benzene ring substituents is 1. The molecule has 148 valence electrons. The standard InChI is InChI=1S/C18H17FN2O6S/c1-11(27-17(22)10-28-16-6-4-3-5-13(16)19)18(23)20-14-9-12(21(24)25)7-8-15(14)26-2/h3-9,11H,10H2,1-2H3,(H,20,23)/t11-/m1/s1. The number of nitrogens with zero attached hydrogens (tertiary/aromatic N) is 1. The van der Waals surface area contributed by atoms with Gasteiger partial charge in [-0.05, 0) is 25.1 Å². The van der Waals surface area contributed by atoms with Crippen molar-refractivity contribution in [3.05, 3.63) is 58.4 Å². The maximum absolute atomic E-state index is 13.5. The van der Waals surface area contributed by atoms with Crippen molar-refractivity contribution < 1.29 is 28.4 Å². The summed E-state index contributed by atoms with van der Waals surface area (Å²) in [6.45, 7) is 1.35. The van der Waals surface area contributed by atoms with Crippen LogP contribution < -0.4 is 10.1 Å². The molecule has 0 bridgehead atoms. The minimum absolute atomic E-state index is 0.0744. The fraction of sp³-hybridized carbons (Fsp3) is 0.222. The first-order valence-electron chi connectivity index (χ1n) is 8.02. The smallest absolute Gasteiger partial charge is 0.317 e. The van der Waals surface area contributed by atoms with E-state index in [1.54, 1.807) is 6.07 Å². The monoisotopic (exact) mass is 408 g/mol. The number of halogens is 1. The van der Waals surface area contributed by atoms with Gasteiger partial charge in [-0.25, -0.2) is 4.39 Å². The normalized spacial score (nSPS) is 11.4. The molecule has 0 spiro atoms. The lowest BCUT2D eigenvalue weighted by molar-refractivity contribution is -0.384. The van der Waals surface area contributed by atoms with Gasteiger partial charge in [0.2, 0.25) is 0 Å². The Labute approximate surface area is 164 Å². The van der Waals surface area contributed by atoms with Crippen molar-refractivity contribution in [3.63, 3.8) is 0 Å². The number of benzene rings is 2. The second-order valence-electron chi connectivity index (χ2n) is 5.48. The highest BCUT2D eigenvalue weighted by atomic mass is 32.2. The van der Waals surface area contributed by atoms with Crippen molar-refractivity contribution in [2.24, 2.45) is 0 Å². The van der Waals surface area contributed by atoms with Crippen LogP contribution in [0.3, 0.4) is 0 Å². The third-order valence-electron chi connectivity index (χ3n) is 3.51. The molecule has 1 N–H and O–H groups in total. The van der Waals surface area contributed by atoms with Crippen LogP contribution in [-0.4, -0.2) is 35.8 Å². The largest absolute Gasteiger partial charge is 0.495 e.